The van der Waals surface area contributed by atoms with E-state index < -0.39 is 30.3 Å². The minimum Gasteiger partial charge on any atom is -0.476 e. The lowest BCUT2D eigenvalue weighted by molar-refractivity contribution is -0.0101. The number of carbonyl (C=O) groups excluding carboxylic acids is 2. The van der Waals surface area contributed by atoms with Gasteiger partial charge in [-0.2, -0.15) is 15.0 Å². The number of aliphatic hydroxyl groups is 1. The molecule has 4 fully saturated rings. The number of carbonyl (C=O) groups is 2. The van der Waals surface area contributed by atoms with Crippen LogP contribution in [0.4, 0.5) is 9.59 Å². The molecule has 0 unspecified atom stereocenters. The van der Waals surface area contributed by atoms with Crippen molar-refractivity contribution in [1.82, 2.24) is 59.3 Å². The third kappa shape index (κ3) is 28.5. The van der Waals surface area contributed by atoms with Crippen LogP contribution in [0.2, 0.25) is 46.4 Å². The van der Waals surface area contributed by atoms with Crippen molar-refractivity contribution in [1.29, 1.82) is 0 Å². The second-order valence-corrected chi connectivity index (χ2v) is 27.8. The average molecular weight is 1370 g/mol. The number of nitrogens with zero attached hydrogens (tertiary/aromatic N) is 11. The van der Waals surface area contributed by atoms with Crippen LogP contribution in [0.1, 0.15) is 41.5 Å². The van der Waals surface area contributed by atoms with E-state index in [1.807, 2.05) is 41.5 Å². The van der Waals surface area contributed by atoms with E-state index in [0.717, 1.165) is 19.3 Å². The lowest BCUT2D eigenvalue weighted by Crippen LogP contribution is -2.53. The number of aliphatic hydroxyl groups excluding tert-OH is 1. The maximum absolute atomic E-state index is 11.8. The summed E-state index contributed by atoms with van der Waals surface area (Å²) in [6.07, 6.45) is 7.05. The molecule has 24 nitrogen and oxygen atoms in total. The first-order valence-electron chi connectivity index (χ1n) is 23.4. The quantitative estimate of drug-likeness (QED) is 0.0804. The molecule has 0 atom stereocenters. The molecule has 2 N–H and O–H groups in total. The number of ether oxygens (including phenoxy) is 5. The van der Waals surface area contributed by atoms with Gasteiger partial charge in [-0.25, -0.2) is 55.6 Å². The summed E-state index contributed by atoms with van der Waals surface area (Å²) in [6.45, 7) is 17.8. The van der Waals surface area contributed by atoms with Crippen molar-refractivity contribution in [3.63, 3.8) is 0 Å². The molecule has 80 heavy (non-hydrogen) atoms. The third-order valence-corrected chi connectivity index (χ3v) is 13.2. The van der Waals surface area contributed by atoms with Gasteiger partial charge in [-0.1, -0.05) is 58.0 Å². The lowest BCUT2D eigenvalue weighted by Gasteiger charge is -2.39. The second kappa shape index (κ2) is 32.9. The molecule has 8 rings (SSSR count). The predicted octanol–water partition coefficient (Wildman–Crippen LogP) is 8.93. The number of amides is 2. The molecule has 0 spiro atoms. The Morgan fingerprint density at radius 2 is 0.863 bits per heavy atom. The molecule has 448 valence electrons. The summed E-state index contributed by atoms with van der Waals surface area (Å²) in [5, 5.41) is 13.7. The normalized spacial score (nSPS) is 15.7. The van der Waals surface area contributed by atoms with E-state index in [2.05, 4.69) is 55.9 Å². The number of rotatable bonds is 11. The minimum absolute atomic E-state index is 0.0563. The van der Waals surface area contributed by atoms with Crippen LogP contribution in [-0.4, -0.2) is 191 Å². The van der Waals surface area contributed by atoms with Crippen LogP contribution in [0.15, 0.2) is 24.8 Å². The standard InChI is InChI=1S/C13H17Cl2N3O3.C9H11Cl2N3O3S.C9H17NO3.C8H9Cl2N3O.C4HCl3N2.CH3ClO2S/c1-13(2,3)21-12(19)18-5-8(6-18)7-20-10-9(14)4-16-11(15)17-10;1-18(15,16)14-3-6(4-14)5-17-8-7(10)2-12-9(11)13-8;1-9(2,3)13-8(12)10-4-7(5-10)6-11;9-6-3-12-8(10)13-7(6)14-4-5-1-11-2-5;5-2-1-8-4(7)9-3(2)6;1-5(2,3)4/h4,8H,5-7H2,1-3H3;2,6H,3-5H2,1H3;7,11H,4-6H2,1-3H3;3,5,11H,1-2,4H2;1H;1H3. The van der Waals surface area contributed by atoms with E-state index in [-0.39, 0.29) is 79.6 Å². The third-order valence-electron chi connectivity index (χ3n) is 9.82. The molecule has 0 aliphatic carbocycles. The van der Waals surface area contributed by atoms with Gasteiger partial charge >= 0.3 is 12.2 Å². The number of halogens is 10. The molecule has 0 saturated carbocycles. The maximum atomic E-state index is 11.8. The second-order valence-electron chi connectivity index (χ2n) is 19.4. The first-order valence-corrected chi connectivity index (χ1v) is 31.3. The summed E-state index contributed by atoms with van der Waals surface area (Å²) < 4.78 is 69.2. The van der Waals surface area contributed by atoms with Gasteiger partial charge in [0.25, 0.3) is 0 Å². The van der Waals surface area contributed by atoms with Crippen LogP contribution in [0, 0.1) is 23.7 Å². The predicted molar refractivity (Wildman–Crippen MR) is 306 cm³/mol. The van der Waals surface area contributed by atoms with Crippen LogP contribution in [0.3, 0.4) is 0 Å². The highest BCUT2D eigenvalue weighted by atomic mass is 35.7. The molecule has 2 amide bonds. The summed E-state index contributed by atoms with van der Waals surface area (Å²) in [4.78, 5) is 56.3. The molecular formula is C44H58Cl10N12O12S2. The van der Waals surface area contributed by atoms with Gasteiger partial charge in [-0.05, 0) is 87.9 Å². The van der Waals surface area contributed by atoms with Crippen molar-refractivity contribution in [2.45, 2.75) is 52.7 Å². The maximum Gasteiger partial charge on any atom is 0.410 e. The number of nitrogens with one attached hydrogen (secondary N) is 1. The Hall–Kier alpha value is -3.06. The Labute approximate surface area is 513 Å². The molecule has 8 heterocycles. The van der Waals surface area contributed by atoms with Crippen LogP contribution < -0.4 is 19.5 Å². The fourth-order valence-electron chi connectivity index (χ4n) is 5.89. The van der Waals surface area contributed by atoms with E-state index in [1.165, 1.54) is 35.3 Å². The number of sulfonamides is 1. The van der Waals surface area contributed by atoms with Crippen LogP contribution in [0.5, 0.6) is 17.6 Å². The largest absolute Gasteiger partial charge is 0.476 e. The number of aromatic nitrogens is 8. The monoisotopic (exact) mass is 1360 g/mol. The number of hydrogen-bond donors (Lipinski definition) is 2. The molecule has 4 aliphatic heterocycles. The molecule has 4 saturated heterocycles. The highest BCUT2D eigenvalue weighted by Gasteiger charge is 2.36. The SMILES string of the molecule is CC(C)(C)OC(=O)N1CC(CO)C1.CC(C)(C)OC(=O)N1CC(COc2nc(Cl)ncc2Cl)C1.CS(=O)(=O)Cl.CS(=O)(=O)N1CC(COc2nc(Cl)ncc2Cl)C1.Clc1ncc(Cl)c(Cl)n1.Clc1ncc(Cl)c(OCC2CNC2)n1. The summed E-state index contributed by atoms with van der Waals surface area (Å²) in [5.41, 5.74) is -0.911. The Morgan fingerprint density at radius 3 is 1.15 bits per heavy atom. The van der Waals surface area contributed by atoms with E-state index in [9.17, 15) is 26.4 Å². The van der Waals surface area contributed by atoms with E-state index in [0.29, 0.717) is 86.0 Å². The van der Waals surface area contributed by atoms with Gasteiger partial charge in [0, 0.05) is 93.3 Å². The summed E-state index contributed by atoms with van der Waals surface area (Å²) >= 11 is 50.7. The first-order chi connectivity index (χ1) is 37.0. The van der Waals surface area contributed by atoms with Gasteiger partial charge in [0.15, 0.2) is 5.15 Å². The van der Waals surface area contributed by atoms with Crippen molar-refractivity contribution in [2.24, 2.45) is 23.7 Å². The van der Waals surface area contributed by atoms with Crippen molar-refractivity contribution in [3.05, 3.63) is 71.2 Å². The fraction of sp³-hybridized carbons (Fsp3) is 0.591. The van der Waals surface area contributed by atoms with Crippen molar-refractivity contribution in [3.8, 4) is 17.6 Å². The minimum atomic E-state index is -3.19. The summed E-state index contributed by atoms with van der Waals surface area (Å²) in [5.74, 6) is 1.99. The smallest absolute Gasteiger partial charge is 0.410 e. The Bertz CT molecular complexity index is 2880. The molecule has 4 aromatic heterocycles. The Balaban J connectivity index is 0.000000263. The van der Waals surface area contributed by atoms with Gasteiger partial charge < -0.3 is 43.9 Å². The van der Waals surface area contributed by atoms with Gasteiger partial charge in [-0.3, -0.25) is 0 Å². The molecule has 0 aromatic carbocycles. The van der Waals surface area contributed by atoms with Crippen molar-refractivity contribution >= 4 is 146 Å². The Kier molecular flexibility index (Phi) is 29.2. The van der Waals surface area contributed by atoms with E-state index in [4.69, 9.17) is 133 Å². The topological polar surface area (TPSA) is 294 Å². The lowest BCUT2D eigenvalue weighted by atomic mass is 10.0. The van der Waals surface area contributed by atoms with E-state index >= 15 is 0 Å². The number of hydrogen-bond acceptors (Lipinski definition) is 21. The molecule has 0 radical (unpaired) electrons. The summed E-state index contributed by atoms with van der Waals surface area (Å²) in [6, 6.07) is 0. The highest BCUT2D eigenvalue weighted by molar-refractivity contribution is 8.13. The molecule has 4 aromatic rings. The van der Waals surface area contributed by atoms with E-state index in [1.54, 1.807) is 9.80 Å². The van der Waals surface area contributed by atoms with Crippen molar-refractivity contribution in [2.75, 3.05) is 91.3 Å². The first kappa shape index (κ1) is 71.2. The zero-order chi connectivity index (χ0) is 60.3. The van der Waals surface area contributed by atoms with Gasteiger partial charge in [-0.15, -0.1) is 0 Å². The molecule has 0 bridgehead atoms. The number of likely N-dealkylation sites (tertiary alicyclic amines) is 2. The average Bonchev–Trinajstić information content (AvgIpc) is 3.25. The van der Waals surface area contributed by atoms with Gasteiger partial charge in [0.2, 0.25) is 57.8 Å². The van der Waals surface area contributed by atoms with Gasteiger partial charge in [0.05, 0.1) is 62.1 Å². The van der Waals surface area contributed by atoms with Crippen molar-refractivity contribution < 1.29 is 55.2 Å². The molecule has 36 heteroatoms. The zero-order valence-electron chi connectivity index (χ0n) is 44.1. The molecule has 4 aliphatic rings. The fourth-order valence-corrected chi connectivity index (χ4v) is 8.06. The van der Waals surface area contributed by atoms with Gasteiger partial charge in [0.1, 0.15) is 26.3 Å². The van der Waals surface area contributed by atoms with Crippen LogP contribution >= 0.6 is 115 Å². The Morgan fingerprint density at radius 1 is 0.550 bits per heavy atom. The summed E-state index contributed by atoms with van der Waals surface area (Å²) in [7, 11) is -1.78. The van der Waals surface area contributed by atoms with Crippen LogP contribution in [-0.2, 0) is 28.5 Å². The molecular weight excluding hydrogens is 1310 g/mol. The van der Waals surface area contributed by atoms with Crippen LogP contribution in [0.25, 0.3) is 0 Å². The zero-order valence-corrected chi connectivity index (χ0v) is 53.2. The highest BCUT2D eigenvalue weighted by Crippen LogP contribution is 2.28.